The van der Waals surface area contributed by atoms with E-state index in [1.165, 1.54) is 12.8 Å². The predicted molar refractivity (Wildman–Crippen MR) is 97.2 cm³/mol. The van der Waals surface area contributed by atoms with Gasteiger partial charge in [-0.25, -0.2) is 0 Å². The average molecular weight is 362 g/mol. The third-order valence-corrected chi connectivity index (χ3v) is 6.02. The van der Waals surface area contributed by atoms with E-state index in [0.29, 0.717) is 25.2 Å². The van der Waals surface area contributed by atoms with Crippen molar-refractivity contribution in [2.75, 3.05) is 20.0 Å². The quantitative estimate of drug-likeness (QED) is 0.781. The molecule has 0 aromatic heterocycles. The van der Waals surface area contributed by atoms with Crippen LogP contribution in [0.2, 0.25) is 0 Å². The molecule has 5 nitrogen and oxygen atoms in total. The lowest BCUT2D eigenvalue weighted by molar-refractivity contribution is -0.0956. The van der Waals surface area contributed by atoms with Gasteiger partial charge in [0, 0.05) is 5.56 Å². The summed E-state index contributed by atoms with van der Waals surface area (Å²) < 4.78 is 29.0. The van der Waals surface area contributed by atoms with E-state index < -0.39 is 0 Å². The first kappa shape index (κ1) is 18.1. The van der Waals surface area contributed by atoms with Gasteiger partial charge in [0.25, 0.3) is 0 Å². The molecule has 4 rings (SSSR count). The maximum absolute atomic E-state index is 6.27. The molecule has 5 unspecified atom stereocenters. The smallest absolute Gasteiger partial charge is 0.231 e. The molecule has 2 heterocycles. The van der Waals surface area contributed by atoms with Crippen LogP contribution in [0.4, 0.5) is 0 Å². The lowest BCUT2D eigenvalue weighted by Gasteiger charge is -2.36. The molecular formula is C21H30O5. The Morgan fingerprint density at radius 3 is 2.85 bits per heavy atom. The van der Waals surface area contributed by atoms with Crippen molar-refractivity contribution in [3.05, 3.63) is 23.8 Å². The van der Waals surface area contributed by atoms with Crippen molar-refractivity contribution < 1.29 is 23.7 Å². The van der Waals surface area contributed by atoms with E-state index in [1.807, 2.05) is 18.2 Å². The number of fused-ring (bicyclic) bond motifs is 1. The summed E-state index contributed by atoms with van der Waals surface area (Å²) in [5.41, 5.74) is 0.961. The molecule has 0 spiro atoms. The van der Waals surface area contributed by atoms with Gasteiger partial charge in [-0.05, 0) is 55.2 Å². The standard InChI is InChI=1S/C21H30O5/c1-13(2)15-5-4-14(3)19(8-15)22-10-17-11-23-21(26-17)16-6-7-18-20(9-16)25-12-24-18/h6-7,9,13-15,17,19,21H,4-5,8,10-12H2,1-3H3. The van der Waals surface area contributed by atoms with Crippen molar-refractivity contribution in [2.45, 2.75) is 58.5 Å². The minimum Gasteiger partial charge on any atom is -0.454 e. The first-order valence-electron chi connectivity index (χ1n) is 9.88. The monoisotopic (exact) mass is 362 g/mol. The first-order valence-corrected chi connectivity index (χ1v) is 9.88. The summed E-state index contributed by atoms with van der Waals surface area (Å²) in [7, 11) is 0. The van der Waals surface area contributed by atoms with Crippen molar-refractivity contribution in [3.63, 3.8) is 0 Å². The Labute approximate surface area is 155 Å². The zero-order valence-electron chi connectivity index (χ0n) is 16.0. The Morgan fingerprint density at radius 1 is 1.15 bits per heavy atom. The zero-order valence-corrected chi connectivity index (χ0v) is 16.0. The molecule has 5 atom stereocenters. The second-order valence-electron chi connectivity index (χ2n) is 8.20. The molecule has 5 heteroatoms. The van der Waals surface area contributed by atoms with E-state index in [2.05, 4.69) is 20.8 Å². The SMILES string of the molecule is CC(C)C1CCC(C)C(OCC2COC(c3ccc4c(c3)OCO4)O2)C1. The topological polar surface area (TPSA) is 46.2 Å². The second-order valence-corrected chi connectivity index (χ2v) is 8.20. The normalized spacial score (nSPS) is 33.8. The molecule has 144 valence electrons. The summed E-state index contributed by atoms with van der Waals surface area (Å²) in [5.74, 6) is 3.66. The molecular weight excluding hydrogens is 332 g/mol. The number of hydrogen-bond donors (Lipinski definition) is 0. The van der Waals surface area contributed by atoms with Crippen LogP contribution in [-0.2, 0) is 14.2 Å². The van der Waals surface area contributed by atoms with E-state index in [-0.39, 0.29) is 19.2 Å². The van der Waals surface area contributed by atoms with Crippen molar-refractivity contribution in [2.24, 2.45) is 17.8 Å². The largest absolute Gasteiger partial charge is 0.454 e. The van der Waals surface area contributed by atoms with Crippen LogP contribution in [0.15, 0.2) is 18.2 Å². The van der Waals surface area contributed by atoms with Gasteiger partial charge in [-0.15, -0.1) is 0 Å². The Bertz CT molecular complexity index is 616. The van der Waals surface area contributed by atoms with E-state index in [1.54, 1.807) is 0 Å². The summed E-state index contributed by atoms with van der Waals surface area (Å²) in [6.07, 6.45) is 3.72. The van der Waals surface area contributed by atoms with Crippen LogP contribution in [0, 0.1) is 17.8 Å². The highest BCUT2D eigenvalue weighted by molar-refractivity contribution is 5.44. The van der Waals surface area contributed by atoms with Gasteiger partial charge in [0.15, 0.2) is 17.8 Å². The summed E-state index contributed by atoms with van der Waals surface area (Å²) in [4.78, 5) is 0. The minimum absolute atomic E-state index is 0.0166. The van der Waals surface area contributed by atoms with Crippen molar-refractivity contribution in [1.82, 2.24) is 0 Å². The summed E-state index contributed by atoms with van der Waals surface area (Å²) >= 11 is 0. The Morgan fingerprint density at radius 2 is 2.00 bits per heavy atom. The van der Waals surface area contributed by atoms with Gasteiger partial charge in [-0.1, -0.05) is 20.8 Å². The van der Waals surface area contributed by atoms with E-state index >= 15 is 0 Å². The van der Waals surface area contributed by atoms with Crippen LogP contribution in [0.3, 0.4) is 0 Å². The van der Waals surface area contributed by atoms with Crippen molar-refractivity contribution in [1.29, 1.82) is 0 Å². The average Bonchev–Trinajstić information content (AvgIpc) is 3.29. The van der Waals surface area contributed by atoms with Gasteiger partial charge in [0.05, 0.1) is 19.3 Å². The molecule has 3 aliphatic rings. The second kappa shape index (κ2) is 7.75. The predicted octanol–water partition coefficient (Wildman–Crippen LogP) is 4.31. The van der Waals surface area contributed by atoms with Crippen LogP contribution in [0.1, 0.15) is 51.9 Å². The van der Waals surface area contributed by atoms with Gasteiger partial charge >= 0.3 is 0 Å². The number of hydrogen-bond acceptors (Lipinski definition) is 5. The van der Waals surface area contributed by atoms with Gasteiger partial charge in [0.1, 0.15) is 6.10 Å². The highest BCUT2D eigenvalue weighted by atomic mass is 16.7. The summed E-state index contributed by atoms with van der Waals surface area (Å²) in [6, 6.07) is 5.81. The molecule has 2 aliphatic heterocycles. The van der Waals surface area contributed by atoms with Gasteiger partial charge in [-0.2, -0.15) is 0 Å². The third-order valence-electron chi connectivity index (χ3n) is 6.02. The van der Waals surface area contributed by atoms with Gasteiger partial charge in [0.2, 0.25) is 6.79 Å². The summed E-state index contributed by atoms with van der Waals surface area (Å²) in [5, 5.41) is 0. The lowest BCUT2D eigenvalue weighted by Crippen LogP contribution is -2.34. The van der Waals surface area contributed by atoms with Crippen LogP contribution < -0.4 is 9.47 Å². The van der Waals surface area contributed by atoms with Crippen LogP contribution >= 0.6 is 0 Å². The molecule has 0 N–H and O–H groups in total. The number of benzene rings is 1. The highest BCUT2D eigenvalue weighted by Crippen LogP contribution is 2.38. The molecule has 1 saturated heterocycles. The van der Waals surface area contributed by atoms with Crippen molar-refractivity contribution in [3.8, 4) is 11.5 Å². The van der Waals surface area contributed by atoms with Gasteiger partial charge < -0.3 is 23.7 Å². The fraction of sp³-hybridized carbons (Fsp3) is 0.714. The molecule has 2 fully saturated rings. The lowest BCUT2D eigenvalue weighted by atomic mass is 9.76. The van der Waals surface area contributed by atoms with Crippen LogP contribution in [0.25, 0.3) is 0 Å². The number of rotatable bonds is 5. The fourth-order valence-corrected chi connectivity index (χ4v) is 4.15. The van der Waals surface area contributed by atoms with E-state index in [0.717, 1.165) is 35.3 Å². The molecule has 0 radical (unpaired) electrons. The maximum Gasteiger partial charge on any atom is 0.231 e. The maximum atomic E-state index is 6.27. The Hall–Kier alpha value is -1.30. The van der Waals surface area contributed by atoms with Crippen molar-refractivity contribution >= 4 is 0 Å². The number of ether oxygens (including phenoxy) is 5. The van der Waals surface area contributed by atoms with E-state index in [9.17, 15) is 0 Å². The Kier molecular flexibility index (Phi) is 5.39. The first-order chi connectivity index (χ1) is 12.6. The molecule has 0 bridgehead atoms. The molecule has 26 heavy (non-hydrogen) atoms. The highest BCUT2D eigenvalue weighted by Gasteiger charge is 2.33. The minimum atomic E-state index is -0.356. The molecule has 0 amide bonds. The van der Waals surface area contributed by atoms with Gasteiger partial charge in [-0.3, -0.25) is 0 Å². The Balaban J connectivity index is 1.29. The third kappa shape index (κ3) is 3.85. The fourth-order valence-electron chi connectivity index (χ4n) is 4.15. The van der Waals surface area contributed by atoms with Crippen LogP contribution in [-0.4, -0.2) is 32.2 Å². The summed E-state index contributed by atoms with van der Waals surface area (Å²) in [6.45, 7) is 8.39. The zero-order chi connectivity index (χ0) is 18.1. The molecule has 1 saturated carbocycles. The molecule has 1 aromatic rings. The molecule has 1 aliphatic carbocycles. The molecule has 1 aromatic carbocycles. The van der Waals surface area contributed by atoms with E-state index in [4.69, 9.17) is 23.7 Å². The van der Waals surface area contributed by atoms with Crippen LogP contribution in [0.5, 0.6) is 11.5 Å².